The molecule has 0 saturated carbocycles. The Bertz CT molecular complexity index is 377. The van der Waals surface area contributed by atoms with Gasteiger partial charge >= 0.3 is 0 Å². The van der Waals surface area contributed by atoms with E-state index in [1.165, 1.54) is 19.1 Å². The van der Waals surface area contributed by atoms with Crippen molar-refractivity contribution in [2.45, 2.75) is 11.8 Å². The molecule has 0 aliphatic heterocycles. The topological polar surface area (TPSA) is 54.4 Å². The van der Waals surface area contributed by atoms with E-state index < -0.39 is 20.8 Å². The zero-order valence-corrected chi connectivity index (χ0v) is 7.10. The van der Waals surface area contributed by atoms with Crippen LogP contribution in [0.1, 0.15) is 5.56 Å². The molecule has 0 aromatic heterocycles. The Balaban J connectivity index is 3.37. The monoisotopic (exact) mass is 190 g/mol. The standard InChI is InChI=1S/C7H7FO3S/c1-5-2-6(8)4-7(3-5)12(9,10)11/h2-4H,1H3,(H,9,10,11). The second-order valence-electron chi connectivity index (χ2n) is 2.44. The van der Waals surface area contributed by atoms with E-state index >= 15 is 0 Å². The van der Waals surface area contributed by atoms with E-state index in [1.54, 1.807) is 0 Å². The summed E-state index contributed by atoms with van der Waals surface area (Å²) in [5, 5.41) is 0. The SMILES string of the molecule is Cc1cc(F)cc(S(=O)(=O)O)c1. The summed E-state index contributed by atoms with van der Waals surface area (Å²) in [7, 11) is -4.29. The molecule has 0 heterocycles. The fraction of sp³-hybridized carbons (Fsp3) is 0.143. The molecule has 1 rings (SSSR count). The molecule has 3 nitrogen and oxygen atoms in total. The van der Waals surface area contributed by atoms with Crippen LogP contribution in [-0.4, -0.2) is 13.0 Å². The van der Waals surface area contributed by atoms with Crippen LogP contribution in [0, 0.1) is 12.7 Å². The summed E-state index contributed by atoms with van der Waals surface area (Å²) in [5.41, 5.74) is 0.447. The van der Waals surface area contributed by atoms with Crippen molar-refractivity contribution >= 4 is 10.1 Å². The molecule has 0 fully saturated rings. The maximum Gasteiger partial charge on any atom is 0.294 e. The van der Waals surface area contributed by atoms with E-state index in [0.717, 1.165) is 6.07 Å². The lowest BCUT2D eigenvalue weighted by molar-refractivity contribution is 0.481. The maximum atomic E-state index is 12.6. The first kappa shape index (κ1) is 9.15. The van der Waals surface area contributed by atoms with Crippen molar-refractivity contribution in [3.05, 3.63) is 29.6 Å². The van der Waals surface area contributed by atoms with E-state index in [4.69, 9.17) is 4.55 Å². The lowest BCUT2D eigenvalue weighted by atomic mass is 10.2. The lowest BCUT2D eigenvalue weighted by Crippen LogP contribution is -1.99. The molecule has 0 aliphatic rings. The van der Waals surface area contributed by atoms with Gasteiger partial charge in [-0.05, 0) is 30.7 Å². The molecule has 5 heteroatoms. The molecule has 0 radical (unpaired) electrons. The number of benzene rings is 1. The van der Waals surface area contributed by atoms with Gasteiger partial charge in [-0.3, -0.25) is 4.55 Å². The predicted octanol–water partition coefficient (Wildman–Crippen LogP) is 1.38. The number of rotatable bonds is 1. The molecule has 1 N–H and O–H groups in total. The summed E-state index contributed by atoms with van der Waals surface area (Å²) in [4.78, 5) is -0.417. The van der Waals surface area contributed by atoms with Gasteiger partial charge in [-0.15, -0.1) is 0 Å². The van der Waals surface area contributed by atoms with Crippen LogP contribution in [0.15, 0.2) is 23.1 Å². The van der Waals surface area contributed by atoms with E-state index in [9.17, 15) is 12.8 Å². The third-order valence-electron chi connectivity index (χ3n) is 1.31. The minimum atomic E-state index is -4.29. The molecule has 0 unspecified atom stereocenters. The fourth-order valence-corrected chi connectivity index (χ4v) is 1.45. The van der Waals surface area contributed by atoms with E-state index in [2.05, 4.69) is 0 Å². The van der Waals surface area contributed by atoms with Crippen LogP contribution in [0.25, 0.3) is 0 Å². The summed E-state index contributed by atoms with van der Waals surface area (Å²) in [6.45, 7) is 1.54. The summed E-state index contributed by atoms with van der Waals surface area (Å²) >= 11 is 0. The first-order chi connectivity index (χ1) is 5.39. The normalized spacial score (nSPS) is 11.6. The first-order valence-electron chi connectivity index (χ1n) is 3.14. The molecule has 0 atom stereocenters. The molecule has 0 bridgehead atoms. The van der Waals surface area contributed by atoms with Crippen molar-refractivity contribution in [2.24, 2.45) is 0 Å². The molecule has 1 aromatic carbocycles. The van der Waals surface area contributed by atoms with Crippen LogP contribution >= 0.6 is 0 Å². The number of hydrogen-bond acceptors (Lipinski definition) is 2. The highest BCUT2D eigenvalue weighted by Crippen LogP contribution is 2.12. The van der Waals surface area contributed by atoms with Gasteiger partial charge in [0.1, 0.15) is 5.82 Å². The van der Waals surface area contributed by atoms with Gasteiger partial charge in [0.15, 0.2) is 0 Å². The quantitative estimate of drug-likeness (QED) is 0.680. The molecular weight excluding hydrogens is 183 g/mol. The Labute approximate surface area is 69.6 Å². The second kappa shape index (κ2) is 2.84. The number of hydrogen-bond donors (Lipinski definition) is 1. The molecule has 66 valence electrons. The largest absolute Gasteiger partial charge is 0.294 e. The van der Waals surface area contributed by atoms with Crippen LogP contribution in [0.4, 0.5) is 4.39 Å². The Morgan fingerprint density at radius 2 is 1.92 bits per heavy atom. The van der Waals surface area contributed by atoms with Crippen molar-refractivity contribution in [1.82, 2.24) is 0 Å². The van der Waals surface area contributed by atoms with Crippen molar-refractivity contribution in [3.63, 3.8) is 0 Å². The van der Waals surface area contributed by atoms with Gasteiger partial charge in [0.05, 0.1) is 4.90 Å². The smallest absolute Gasteiger partial charge is 0.282 e. The Kier molecular flexibility index (Phi) is 2.16. The summed E-state index contributed by atoms with van der Waals surface area (Å²) in [5.74, 6) is -0.678. The maximum absolute atomic E-state index is 12.6. The average molecular weight is 190 g/mol. The van der Waals surface area contributed by atoms with Crippen molar-refractivity contribution in [2.75, 3.05) is 0 Å². The molecule has 0 amide bonds. The molecule has 0 aliphatic carbocycles. The van der Waals surface area contributed by atoms with E-state index in [0.29, 0.717) is 5.56 Å². The van der Waals surface area contributed by atoms with Gasteiger partial charge in [0.2, 0.25) is 0 Å². The zero-order chi connectivity index (χ0) is 9.35. The van der Waals surface area contributed by atoms with Crippen molar-refractivity contribution < 1.29 is 17.4 Å². The minimum absolute atomic E-state index is 0.417. The fourth-order valence-electron chi connectivity index (χ4n) is 0.852. The number of halogens is 1. The van der Waals surface area contributed by atoms with Crippen molar-refractivity contribution in [1.29, 1.82) is 0 Å². The van der Waals surface area contributed by atoms with Gasteiger partial charge in [-0.1, -0.05) is 0 Å². The van der Waals surface area contributed by atoms with Crippen LogP contribution in [0.2, 0.25) is 0 Å². The third kappa shape index (κ3) is 2.02. The van der Waals surface area contributed by atoms with Crippen LogP contribution < -0.4 is 0 Å². The molecule has 1 aromatic rings. The molecule has 12 heavy (non-hydrogen) atoms. The Morgan fingerprint density at radius 3 is 2.33 bits per heavy atom. The molecule has 0 saturated heterocycles. The van der Waals surface area contributed by atoms with Crippen molar-refractivity contribution in [3.8, 4) is 0 Å². The molecule has 0 spiro atoms. The van der Waals surface area contributed by atoms with E-state index in [-0.39, 0.29) is 0 Å². The highest BCUT2D eigenvalue weighted by Gasteiger charge is 2.10. The van der Waals surface area contributed by atoms with E-state index in [1.807, 2.05) is 0 Å². The second-order valence-corrected chi connectivity index (χ2v) is 3.86. The number of aryl methyl sites for hydroxylation is 1. The van der Waals surface area contributed by atoms with Crippen LogP contribution in [0.3, 0.4) is 0 Å². The van der Waals surface area contributed by atoms with Gasteiger partial charge in [-0.25, -0.2) is 4.39 Å². The zero-order valence-electron chi connectivity index (χ0n) is 6.28. The predicted molar refractivity (Wildman–Crippen MR) is 41.0 cm³/mol. The van der Waals surface area contributed by atoms with Gasteiger partial charge in [-0.2, -0.15) is 8.42 Å². The van der Waals surface area contributed by atoms with Gasteiger partial charge in [0, 0.05) is 0 Å². The Hall–Kier alpha value is -0.940. The third-order valence-corrected chi connectivity index (χ3v) is 2.14. The summed E-state index contributed by atoms with van der Waals surface area (Å²) in [6.07, 6.45) is 0. The minimum Gasteiger partial charge on any atom is -0.282 e. The highest BCUT2D eigenvalue weighted by atomic mass is 32.2. The summed E-state index contributed by atoms with van der Waals surface area (Å²) < 4.78 is 42.2. The average Bonchev–Trinajstić information content (AvgIpc) is 1.82. The van der Waals surface area contributed by atoms with Crippen LogP contribution in [0.5, 0.6) is 0 Å². The first-order valence-corrected chi connectivity index (χ1v) is 4.58. The lowest BCUT2D eigenvalue weighted by Gasteiger charge is -1.98. The Morgan fingerprint density at radius 1 is 1.33 bits per heavy atom. The molecular formula is C7H7FO3S. The van der Waals surface area contributed by atoms with Crippen LogP contribution in [-0.2, 0) is 10.1 Å². The van der Waals surface area contributed by atoms with Gasteiger partial charge in [0.25, 0.3) is 10.1 Å². The van der Waals surface area contributed by atoms with Gasteiger partial charge < -0.3 is 0 Å². The summed E-state index contributed by atoms with van der Waals surface area (Å²) in [6, 6.07) is 3.13. The highest BCUT2D eigenvalue weighted by molar-refractivity contribution is 7.85.